The van der Waals surface area contributed by atoms with Crippen molar-refractivity contribution in [2.45, 2.75) is 32.1 Å². The molecule has 4 aromatic rings. The number of aryl methyl sites for hydroxylation is 1. The van der Waals surface area contributed by atoms with E-state index in [9.17, 15) is 0 Å². The van der Waals surface area contributed by atoms with Crippen molar-refractivity contribution in [3.8, 4) is 0 Å². The van der Waals surface area contributed by atoms with Gasteiger partial charge in [-0.25, -0.2) is 0 Å². The second-order valence-corrected chi connectivity index (χ2v) is 9.79. The first-order chi connectivity index (χ1) is 17.6. The molecule has 2 unspecified atom stereocenters. The normalized spacial score (nSPS) is 20.3. The molecule has 1 nitrogen and oxygen atoms in total. The van der Waals surface area contributed by atoms with Crippen molar-refractivity contribution in [3.63, 3.8) is 0 Å². The number of fused-ring (bicyclic) bond motifs is 2. The van der Waals surface area contributed by atoms with Crippen LogP contribution in [0, 0.1) is 6.92 Å². The van der Waals surface area contributed by atoms with E-state index in [4.69, 9.17) is 0 Å². The molecule has 0 N–H and O–H groups in total. The minimum Gasteiger partial charge on any atom is -0.310 e. The van der Waals surface area contributed by atoms with Gasteiger partial charge in [-0.3, -0.25) is 0 Å². The van der Waals surface area contributed by atoms with E-state index in [2.05, 4.69) is 148 Å². The van der Waals surface area contributed by atoms with E-state index in [0.717, 1.165) is 0 Å². The van der Waals surface area contributed by atoms with E-state index in [1.54, 1.807) is 0 Å². The lowest BCUT2D eigenvalue weighted by molar-refractivity contribution is 0.660. The van der Waals surface area contributed by atoms with Gasteiger partial charge in [-0.1, -0.05) is 105 Å². The first-order valence-corrected chi connectivity index (χ1v) is 12.8. The molecular formula is C35H31N. The molecule has 0 radical (unpaired) electrons. The molecule has 1 aliphatic carbocycles. The second kappa shape index (κ2) is 8.53. The lowest BCUT2D eigenvalue weighted by Crippen LogP contribution is -2.42. The molecule has 4 aromatic carbocycles. The van der Waals surface area contributed by atoms with Crippen LogP contribution in [-0.2, 0) is 5.41 Å². The number of para-hydroxylation sites is 2. The molecule has 0 saturated heterocycles. The van der Waals surface area contributed by atoms with Crippen molar-refractivity contribution in [2.75, 3.05) is 4.90 Å². The molecule has 176 valence electrons. The fourth-order valence-corrected chi connectivity index (χ4v) is 6.61. The number of allylic oxidation sites excluding steroid dienone is 5. The minimum atomic E-state index is -0.443. The van der Waals surface area contributed by atoms with Crippen LogP contribution in [0.2, 0.25) is 0 Å². The summed E-state index contributed by atoms with van der Waals surface area (Å²) in [7, 11) is 0. The lowest BCUT2D eigenvalue weighted by atomic mass is 9.55. The maximum atomic E-state index is 4.31. The first-order valence-electron chi connectivity index (χ1n) is 12.8. The standard InChI is InChI=1S/C35H31N/c1-5-15-30-27(6-2)25(4)28-19-14-23-33-34(28)35(30,29-20-11-10-16-24(29)3)31-21-12-13-22-32(31)36(33)26-17-8-7-9-18-26/h5-23,25H,2H2,1,3-4H3/b15-5-. The van der Waals surface area contributed by atoms with Gasteiger partial charge in [-0.2, -0.15) is 0 Å². The van der Waals surface area contributed by atoms with Gasteiger partial charge in [0.15, 0.2) is 0 Å². The van der Waals surface area contributed by atoms with Crippen LogP contribution >= 0.6 is 0 Å². The highest BCUT2D eigenvalue weighted by atomic mass is 15.2. The van der Waals surface area contributed by atoms with E-state index >= 15 is 0 Å². The third kappa shape index (κ3) is 2.89. The molecule has 6 rings (SSSR count). The Labute approximate surface area is 214 Å². The third-order valence-electron chi connectivity index (χ3n) is 8.00. The average Bonchev–Trinajstić information content (AvgIpc) is 2.92. The molecular weight excluding hydrogens is 434 g/mol. The molecule has 0 bridgehead atoms. The van der Waals surface area contributed by atoms with Crippen LogP contribution in [0.1, 0.15) is 47.6 Å². The minimum absolute atomic E-state index is 0.240. The molecule has 36 heavy (non-hydrogen) atoms. The summed E-state index contributed by atoms with van der Waals surface area (Å²) in [6.07, 6.45) is 6.60. The van der Waals surface area contributed by atoms with Gasteiger partial charge in [0.2, 0.25) is 0 Å². The van der Waals surface area contributed by atoms with Crippen molar-refractivity contribution < 1.29 is 0 Å². The van der Waals surface area contributed by atoms with E-state index < -0.39 is 5.41 Å². The molecule has 0 aromatic heterocycles. The van der Waals surface area contributed by atoms with E-state index in [-0.39, 0.29) is 5.92 Å². The maximum absolute atomic E-state index is 4.31. The monoisotopic (exact) mass is 465 g/mol. The van der Waals surface area contributed by atoms with Crippen LogP contribution in [0.25, 0.3) is 0 Å². The van der Waals surface area contributed by atoms with Crippen LogP contribution in [0.5, 0.6) is 0 Å². The fraction of sp³-hybridized carbons (Fsp3) is 0.143. The smallest absolute Gasteiger partial charge is 0.0750 e. The summed E-state index contributed by atoms with van der Waals surface area (Å²) in [4.78, 5) is 2.45. The molecule has 0 amide bonds. The SMILES string of the molecule is C=CC1=C(/C=C\C)C2(c3ccccc3C)c3ccccc3N(c3ccccc3)c3cccc(c32)C1C. The van der Waals surface area contributed by atoms with Crippen LogP contribution in [-0.4, -0.2) is 0 Å². The molecule has 2 aliphatic rings. The Hall–Kier alpha value is -4.10. The Morgan fingerprint density at radius 2 is 1.44 bits per heavy atom. The molecule has 1 heterocycles. The number of rotatable bonds is 4. The van der Waals surface area contributed by atoms with E-state index in [1.807, 2.05) is 0 Å². The van der Waals surface area contributed by atoms with E-state index in [1.165, 1.54) is 56.0 Å². The summed E-state index contributed by atoms with van der Waals surface area (Å²) in [5, 5.41) is 0. The number of hydrogen-bond acceptors (Lipinski definition) is 1. The molecule has 1 heteroatoms. The van der Waals surface area contributed by atoms with Gasteiger partial charge < -0.3 is 4.90 Å². The summed E-state index contributed by atoms with van der Waals surface area (Å²) < 4.78 is 0. The zero-order valence-corrected chi connectivity index (χ0v) is 21.2. The fourth-order valence-electron chi connectivity index (χ4n) is 6.61. The van der Waals surface area contributed by atoms with Gasteiger partial charge in [0, 0.05) is 11.6 Å². The summed E-state index contributed by atoms with van der Waals surface area (Å²) in [6.45, 7) is 11.0. The first kappa shape index (κ1) is 22.4. The van der Waals surface area contributed by atoms with Gasteiger partial charge in [-0.05, 0) is 77.1 Å². The Balaban J connectivity index is 1.87. The topological polar surface area (TPSA) is 3.24 Å². The number of anilines is 3. The molecule has 1 aliphatic heterocycles. The molecule has 0 saturated carbocycles. The number of hydrogen-bond donors (Lipinski definition) is 0. The van der Waals surface area contributed by atoms with Crippen molar-refractivity contribution in [2.24, 2.45) is 0 Å². The van der Waals surface area contributed by atoms with Crippen molar-refractivity contribution in [1.82, 2.24) is 0 Å². The highest BCUT2D eigenvalue weighted by molar-refractivity contribution is 5.92. The Kier molecular flexibility index (Phi) is 5.30. The predicted octanol–water partition coefficient (Wildman–Crippen LogP) is 9.29. The largest absolute Gasteiger partial charge is 0.310 e. The maximum Gasteiger partial charge on any atom is 0.0750 e. The summed E-state index contributed by atoms with van der Waals surface area (Å²) in [5.74, 6) is 0.240. The van der Waals surface area contributed by atoms with Gasteiger partial charge >= 0.3 is 0 Å². The van der Waals surface area contributed by atoms with Gasteiger partial charge in [0.25, 0.3) is 0 Å². The zero-order chi connectivity index (χ0) is 24.9. The van der Waals surface area contributed by atoms with Gasteiger partial charge in [0.1, 0.15) is 0 Å². The predicted molar refractivity (Wildman–Crippen MR) is 153 cm³/mol. The molecule has 0 spiro atoms. The quantitative estimate of drug-likeness (QED) is 0.290. The van der Waals surface area contributed by atoms with Crippen molar-refractivity contribution >= 4 is 17.1 Å². The Bertz CT molecular complexity index is 1540. The molecule has 2 atom stereocenters. The Morgan fingerprint density at radius 1 is 0.778 bits per heavy atom. The highest BCUT2D eigenvalue weighted by Crippen LogP contribution is 2.63. The van der Waals surface area contributed by atoms with Crippen LogP contribution < -0.4 is 4.90 Å². The number of nitrogens with zero attached hydrogens (tertiary/aromatic N) is 1. The van der Waals surface area contributed by atoms with E-state index in [0.29, 0.717) is 0 Å². The van der Waals surface area contributed by atoms with Crippen molar-refractivity contribution in [3.05, 3.63) is 161 Å². The van der Waals surface area contributed by atoms with Crippen molar-refractivity contribution in [1.29, 1.82) is 0 Å². The zero-order valence-electron chi connectivity index (χ0n) is 21.2. The highest BCUT2D eigenvalue weighted by Gasteiger charge is 2.52. The summed E-state index contributed by atoms with van der Waals surface area (Å²) >= 11 is 0. The number of benzene rings is 4. The molecule has 0 fully saturated rings. The van der Waals surface area contributed by atoms with Gasteiger partial charge in [0.05, 0.1) is 16.8 Å². The second-order valence-electron chi connectivity index (χ2n) is 9.79. The van der Waals surface area contributed by atoms with Gasteiger partial charge in [-0.15, -0.1) is 0 Å². The Morgan fingerprint density at radius 3 is 2.17 bits per heavy atom. The van der Waals surface area contributed by atoms with Crippen LogP contribution in [0.4, 0.5) is 17.1 Å². The van der Waals surface area contributed by atoms with Crippen LogP contribution in [0.3, 0.4) is 0 Å². The van der Waals surface area contributed by atoms with Crippen LogP contribution in [0.15, 0.2) is 133 Å². The third-order valence-corrected chi connectivity index (χ3v) is 8.00. The summed E-state index contributed by atoms with van der Waals surface area (Å²) in [5.41, 5.74) is 12.5. The average molecular weight is 466 g/mol. The lowest BCUT2D eigenvalue weighted by Gasteiger charge is -2.51. The summed E-state index contributed by atoms with van der Waals surface area (Å²) in [6, 6.07) is 35.5.